The molecule has 0 spiro atoms. The first-order chi connectivity index (χ1) is 59.4. The summed E-state index contributed by atoms with van der Waals surface area (Å²) < 4.78 is 5.09. The van der Waals surface area contributed by atoms with Gasteiger partial charge < -0.3 is 28.7 Å². The van der Waals surface area contributed by atoms with Crippen LogP contribution in [0.25, 0.3) is 131 Å². The lowest BCUT2D eigenvalue weighted by Gasteiger charge is -2.29. The zero-order valence-electron chi connectivity index (χ0n) is 66.4. The molecule has 0 aliphatic heterocycles. The van der Waals surface area contributed by atoms with Crippen molar-refractivity contribution in [1.82, 2.24) is 9.13 Å². The average Bonchev–Trinajstić information content (AvgIpc) is 1.55. The van der Waals surface area contributed by atoms with Crippen molar-refractivity contribution in [2.24, 2.45) is 0 Å². The van der Waals surface area contributed by atoms with Crippen LogP contribution in [0.15, 0.2) is 449 Å². The molecular weight excluding hydrogens is 1450 g/mol. The van der Waals surface area contributed by atoms with E-state index in [2.05, 4.69) is 491 Å². The molecule has 120 heavy (non-hydrogen) atoms. The number of aryl methyl sites for hydroxylation is 2. The Hall–Kier alpha value is -15.8. The first-order valence-electron chi connectivity index (χ1n) is 41.3. The topological polar surface area (TPSA) is 22.8 Å². The summed E-state index contributed by atoms with van der Waals surface area (Å²) >= 11 is 0. The van der Waals surface area contributed by atoms with E-state index in [0.717, 1.165) is 173 Å². The third-order valence-electron chi connectivity index (χ3n) is 24.0. The standard InChI is InChI=1S/C114H80N6/c1-77-35-29-53-89(67-77)116(87-49-17-7-18-50-87)104-74-108-112(100-64-26-22-60-96(100)104)114-102-66-28-24-62-98(102)106(76-110(114)120(108)94-58-32-42-82(70-94)80-39-11-4-12-40-80)118(90-54-30-36-78(2)68-90)92-56-34-44-84(72-92)83-43-33-55-91(71-83)117(88-51-19-8-20-52-88)105-75-109-113(101-65-27-23-61-97(101)105)111-99-63-25-21-59-95(99)103(115(85-45-13-5-14-46-85)86-47-15-6-16-48-86)73-107(111)119(109)93-57-31-41-81(69-93)79-37-9-3-10-38-79/h3-76H,1-2H3. The summed E-state index contributed by atoms with van der Waals surface area (Å²) in [6.07, 6.45) is 0. The molecule has 0 N–H and O–H groups in total. The van der Waals surface area contributed by atoms with Crippen molar-refractivity contribution in [3.63, 3.8) is 0 Å². The first kappa shape index (κ1) is 70.8. The normalized spacial score (nSPS) is 11.6. The molecular formula is C114H80N6. The lowest BCUT2D eigenvalue weighted by Crippen LogP contribution is -2.12. The summed E-state index contributed by atoms with van der Waals surface area (Å²) in [5.41, 5.74) is 28.4. The SMILES string of the molecule is Cc1cccc(N(c2ccccc2)c2cc3c(c4ccccc24)c2c4ccccc4c(N(c4cccc(C)c4)c4cccc(-c5cccc(N(c6ccccc6)c6cc7c(c8ccccc68)c6c8ccccc8c(N(c8ccccc8)c8ccccc8)cc6n7-c6cccc(-c7ccccc7)c6)c5)c4)cc2n3-c2cccc(-c3ccccc3)c2)c1. The molecule has 0 aliphatic carbocycles. The van der Waals surface area contributed by atoms with Gasteiger partial charge in [-0.3, -0.25) is 0 Å². The minimum absolute atomic E-state index is 1.02. The van der Waals surface area contributed by atoms with Crippen LogP contribution >= 0.6 is 0 Å². The molecule has 0 atom stereocenters. The van der Waals surface area contributed by atoms with Crippen LogP contribution in [0.3, 0.4) is 0 Å². The van der Waals surface area contributed by atoms with Gasteiger partial charge in [-0.05, 0) is 225 Å². The van der Waals surface area contributed by atoms with E-state index in [-0.39, 0.29) is 0 Å². The molecule has 0 aliphatic rings. The summed E-state index contributed by atoms with van der Waals surface area (Å²) in [6.45, 7) is 4.38. The van der Waals surface area contributed by atoms with Gasteiger partial charge in [-0.25, -0.2) is 0 Å². The van der Waals surface area contributed by atoms with Crippen molar-refractivity contribution in [3.8, 4) is 44.8 Å². The highest BCUT2D eigenvalue weighted by Crippen LogP contribution is 2.54. The summed E-state index contributed by atoms with van der Waals surface area (Å²) in [6, 6.07) is 166. The second-order valence-corrected chi connectivity index (χ2v) is 31.3. The Balaban J connectivity index is 0.756. The molecule has 22 aromatic rings. The van der Waals surface area contributed by atoms with E-state index >= 15 is 0 Å². The third-order valence-corrected chi connectivity index (χ3v) is 24.0. The van der Waals surface area contributed by atoms with Gasteiger partial charge in [0.2, 0.25) is 0 Å². The van der Waals surface area contributed by atoms with Crippen LogP contribution in [0.5, 0.6) is 0 Å². The minimum atomic E-state index is 1.02. The number of nitrogens with zero attached hydrogens (tertiary/aromatic N) is 6. The number of rotatable bonds is 17. The van der Waals surface area contributed by atoms with Crippen molar-refractivity contribution in [1.29, 1.82) is 0 Å². The predicted octanol–water partition coefficient (Wildman–Crippen LogP) is 32.0. The largest absolute Gasteiger partial charge is 0.310 e. The average molecular weight is 1530 g/mol. The van der Waals surface area contributed by atoms with Crippen molar-refractivity contribution >= 4 is 155 Å². The molecule has 0 bridgehead atoms. The summed E-state index contributed by atoms with van der Waals surface area (Å²) in [4.78, 5) is 9.85. The Labute approximate surface area is 697 Å². The van der Waals surface area contributed by atoms with Crippen LogP contribution in [0.2, 0.25) is 0 Å². The first-order valence-corrected chi connectivity index (χ1v) is 41.3. The van der Waals surface area contributed by atoms with E-state index < -0.39 is 0 Å². The fourth-order valence-corrected chi connectivity index (χ4v) is 18.8. The number of fused-ring (bicyclic) bond motifs is 14. The summed E-state index contributed by atoms with van der Waals surface area (Å²) in [5, 5.41) is 14.0. The Morgan fingerprint density at radius 3 is 0.658 bits per heavy atom. The van der Waals surface area contributed by atoms with Gasteiger partial charge in [0.15, 0.2) is 0 Å². The highest BCUT2D eigenvalue weighted by Gasteiger charge is 2.30. The molecule has 0 saturated carbocycles. The number of para-hydroxylation sites is 4. The Kier molecular flexibility index (Phi) is 17.6. The molecule has 0 saturated heterocycles. The van der Waals surface area contributed by atoms with Crippen molar-refractivity contribution < 1.29 is 0 Å². The maximum atomic E-state index is 2.55. The van der Waals surface area contributed by atoms with E-state index in [9.17, 15) is 0 Å². The summed E-state index contributed by atoms with van der Waals surface area (Å²) in [7, 11) is 0. The molecule has 2 heterocycles. The van der Waals surface area contributed by atoms with Crippen LogP contribution in [-0.4, -0.2) is 9.13 Å². The lowest BCUT2D eigenvalue weighted by molar-refractivity contribution is 1.18. The molecule has 0 fully saturated rings. The minimum Gasteiger partial charge on any atom is -0.310 e. The van der Waals surface area contributed by atoms with Crippen LogP contribution in [0, 0.1) is 13.8 Å². The fourth-order valence-electron chi connectivity index (χ4n) is 18.8. The third kappa shape index (κ3) is 12.3. The van der Waals surface area contributed by atoms with Crippen LogP contribution in [-0.2, 0) is 0 Å². The smallest absolute Gasteiger partial charge is 0.0568 e. The van der Waals surface area contributed by atoms with Crippen LogP contribution in [0.4, 0.5) is 68.2 Å². The Morgan fingerprint density at radius 1 is 0.158 bits per heavy atom. The maximum absolute atomic E-state index is 2.55. The fraction of sp³-hybridized carbons (Fsp3) is 0.0175. The molecule has 20 aromatic carbocycles. The molecule has 22 rings (SSSR count). The number of benzene rings is 20. The zero-order valence-corrected chi connectivity index (χ0v) is 66.4. The molecule has 0 unspecified atom stereocenters. The number of anilines is 12. The number of aromatic nitrogens is 2. The predicted molar refractivity (Wildman–Crippen MR) is 510 cm³/mol. The van der Waals surface area contributed by atoms with Crippen LogP contribution < -0.4 is 19.6 Å². The maximum Gasteiger partial charge on any atom is 0.0568 e. The van der Waals surface area contributed by atoms with E-state index in [1.807, 2.05) is 0 Å². The Morgan fingerprint density at radius 2 is 0.367 bits per heavy atom. The van der Waals surface area contributed by atoms with E-state index in [1.165, 1.54) is 37.9 Å². The highest BCUT2D eigenvalue weighted by atomic mass is 15.2. The molecule has 6 nitrogen and oxygen atoms in total. The number of hydrogen-bond acceptors (Lipinski definition) is 4. The monoisotopic (exact) mass is 1530 g/mol. The molecule has 6 heteroatoms. The summed E-state index contributed by atoms with van der Waals surface area (Å²) in [5.74, 6) is 0. The number of hydrogen-bond donors (Lipinski definition) is 0. The van der Waals surface area contributed by atoms with Gasteiger partial charge in [-0.15, -0.1) is 0 Å². The van der Waals surface area contributed by atoms with Crippen molar-refractivity contribution in [2.45, 2.75) is 13.8 Å². The van der Waals surface area contributed by atoms with Crippen LogP contribution in [0.1, 0.15) is 11.1 Å². The zero-order chi connectivity index (χ0) is 79.7. The molecule has 2 aromatic heterocycles. The van der Waals surface area contributed by atoms with E-state index in [4.69, 9.17) is 0 Å². The van der Waals surface area contributed by atoms with Gasteiger partial charge >= 0.3 is 0 Å². The van der Waals surface area contributed by atoms with E-state index in [1.54, 1.807) is 0 Å². The highest BCUT2D eigenvalue weighted by molar-refractivity contribution is 6.34. The molecule has 0 amide bonds. The second kappa shape index (κ2) is 29.8. The van der Waals surface area contributed by atoms with E-state index in [0.29, 0.717) is 0 Å². The molecule has 0 radical (unpaired) electrons. The van der Waals surface area contributed by atoms with Crippen molar-refractivity contribution in [3.05, 3.63) is 460 Å². The van der Waals surface area contributed by atoms with Gasteiger partial charge in [0, 0.05) is 100.0 Å². The second-order valence-electron chi connectivity index (χ2n) is 31.3. The van der Waals surface area contributed by atoms with Gasteiger partial charge in [0.05, 0.1) is 44.8 Å². The van der Waals surface area contributed by atoms with Gasteiger partial charge in [-0.2, -0.15) is 0 Å². The molecule has 566 valence electrons. The van der Waals surface area contributed by atoms with Gasteiger partial charge in [-0.1, -0.05) is 303 Å². The lowest BCUT2D eigenvalue weighted by atomic mass is 9.96. The Bertz CT molecular complexity index is 7650. The van der Waals surface area contributed by atoms with Crippen molar-refractivity contribution in [2.75, 3.05) is 19.6 Å². The van der Waals surface area contributed by atoms with Gasteiger partial charge in [0.25, 0.3) is 0 Å². The van der Waals surface area contributed by atoms with Gasteiger partial charge in [0.1, 0.15) is 0 Å². The quantitative estimate of drug-likeness (QED) is 0.0906.